The van der Waals surface area contributed by atoms with E-state index in [1.807, 2.05) is 72.8 Å². The molecule has 0 fully saturated rings. The van der Waals surface area contributed by atoms with Gasteiger partial charge >= 0.3 is 0 Å². The van der Waals surface area contributed by atoms with Crippen molar-refractivity contribution in [2.24, 2.45) is 21.7 Å². The molecule has 6 nitrogen and oxygen atoms in total. The van der Waals surface area contributed by atoms with Gasteiger partial charge in [-0.3, -0.25) is 9.59 Å². The number of methoxy groups -OCH3 is 1. The molecule has 2 aliphatic rings. The summed E-state index contributed by atoms with van der Waals surface area (Å²) in [6, 6.07) is 29.1. The van der Waals surface area contributed by atoms with Gasteiger partial charge in [-0.15, -0.1) is 0 Å². The first-order chi connectivity index (χ1) is 24.8. The van der Waals surface area contributed by atoms with Crippen molar-refractivity contribution in [1.82, 2.24) is 0 Å². The molecule has 6 rings (SSSR count). The Morgan fingerprint density at radius 2 is 1.00 bits per heavy atom. The van der Waals surface area contributed by atoms with Gasteiger partial charge in [-0.2, -0.15) is 0 Å². The summed E-state index contributed by atoms with van der Waals surface area (Å²) in [6.45, 7) is 23.2. The average Bonchev–Trinajstić information content (AvgIpc) is 3.63. The van der Waals surface area contributed by atoms with Crippen LogP contribution in [0.2, 0.25) is 0 Å². The molecular weight excluding hydrogens is 661 g/mol. The van der Waals surface area contributed by atoms with E-state index in [0.717, 1.165) is 22.6 Å². The molecule has 0 atom stereocenters. The van der Waals surface area contributed by atoms with E-state index in [9.17, 15) is 14.7 Å². The van der Waals surface area contributed by atoms with Gasteiger partial charge in [-0.25, -0.2) is 0 Å². The highest BCUT2D eigenvalue weighted by atomic mass is 16.5. The Kier molecular flexibility index (Phi) is 10.9. The van der Waals surface area contributed by atoms with Crippen LogP contribution in [-0.2, 0) is 9.47 Å². The van der Waals surface area contributed by atoms with Gasteiger partial charge in [0.25, 0.3) is 0 Å². The molecule has 4 aromatic rings. The van der Waals surface area contributed by atoms with Crippen molar-refractivity contribution in [1.29, 1.82) is 0 Å². The van der Waals surface area contributed by atoms with E-state index >= 15 is 0 Å². The summed E-state index contributed by atoms with van der Waals surface area (Å²) >= 11 is 0. The molecule has 53 heavy (non-hydrogen) atoms. The molecule has 0 amide bonds. The van der Waals surface area contributed by atoms with Gasteiger partial charge in [0, 0.05) is 33.1 Å². The smallest absolute Gasteiger partial charge is 0.196 e. The third kappa shape index (κ3) is 8.27. The molecule has 0 aliphatic carbocycles. The summed E-state index contributed by atoms with van der Waals surface area (Å²) in [5, 5.41) is 10.5. The van der Waals surface area contributed by atoms with E-state index in [0.29, 0.717) is 41.2 Å². The SMILES string of the molecule is CC(C)(C)C1=C(c2ccc(C(=O)c3ccccc3)c(O)c2)OCC1(C)C.COc1cc(C2=C(C(C)(C)C)C(C)(C)CO2)ccc1C(=O)c1ccccc1. The van der Waals surface area contributed by atoms with Crippen LogP contribution in [0.25, 0.3) is 11.5 Å². The molecule has 0 aromatic heterocycles. The summed E-state index contributed by atoms with van der Waals surface area (Å²) in [6.07, 6.45) is 0. The van der Waals surface area contributed by atoms with Crippen molar-refractivity contribution in [3.63, 3.8) is 0 Å². The van der Waals surface area contributed by atoms with Gasteiger partial charge in [0.1, 0.15) is 23.0 Å². The van der Waals surface area contributed by atoms with Gasteiger partial charge in [0.15, 0.2) is 11.6 Å². The number of ketones is 2. The second-order valence-electron chi connectivity index (χ2n) is 17.3. The lowest BCUT2D eigenvalue weighted by atomic mass is 9.71. The number of phenols is 1. The number of phenolic OH excluding ortho intramolecular Hbond substituents is 1. The molecular formula is C47H54O6. The van der Waals surface area contributed by atoms with Crippen LogP contribution in [0.4, 0.5) is 0 Å². The highest BCUT2D eigenvalue weighted by Gasteiger charge is 2.42. The number of benzene rings is 4. The maximum atomic E-state index is 12.9. The summed E-state index contributed by atoms with van der Waals surface area (Å²) in [5.41, 5.74) is 6.18. The second kappa shape index (κ2) is 14.7. The predicted octanol–water partition coefficient (Wildman–Crippen LogP) is 11.2. The topological polar surface area (TPSA) is 82.1 Å². The van der Waals surface area contributed by atoms with E-state index < -0.39 is 0 Å². The minimum absolute atomic E-state index is 0.0128. The van der Waals surface area contributed by atoms with Gasteiger partial charge in [-0.1, -0.05) is 142 Å². The molecule has 278 valence electrons. The Balaban J connectivity index is 0.000000204. The van der Waals surface area contributed by atoms with Gasteiger partial charge < -0.3 is 19.3 Å². The number of aromatic hydroxyl groups is 1. The summed E-state index contributed by atoms with van der Waals surface area (Å²) in [7, 11) is 1.60. The van der Waals surface area contributed by atoms with E-state index in [1.54, 1.807) is 31.4 Å². The maximum absolute atomic E-state index is 12.9. The number of hydrogen-bond acceptors (Lipinski definition) is 6. The molecule has 0 radical (unpaired) electrons. The highest BCUT2D eigenvalue weighted by Crippen LogP contribution is 2.51. The monoisotopic (exact) mass is 714 g/mol. The van der Waals surface area contributed by atoms with Crippen molar-refractivity contribution in [2.75, 3.05) is 20.3 Å². The van der Waals surface area contributed by atoms with Crippen LogP contribution in [0, 0.1) is 21.7 Å². The van der Waals surface area contributed by atoms with Crippen LogP contribution in [0.1, 0.15) is 112 Å². The van der Waals surface area contributed by atoms with Gasteiger partial charge in [-0.05, 0) is 46.2 Å². The lowest BCUT2D eigenvalue weighted by Crippen LogP contribution is -2.24. The fourth-order valence-electron chi connectivity index (χ4n) is 7.95. The van der Waals surface area contributed by atoms with Crippen LogP contribution < -0.4 is 4.74 Å². The molecule has 0 saturated heterocycles. The Labute approximate surface area is 315 Å². The Bertz CT molecular complexity index is 2050. The van der Waals surface area contributed by atoms with Gasteiger partial charge in [0.05, 0.1) is 31.5 Å². The summed E-state index contributed by atoms with van der Waals surface area (Å²) < 4.78 is 17.7. The molecule has 0 bridgehead atoms. The maximum Gasteiger partial charge on any atom is 0.196 e. The highest BCUT2D eigenvalue weighted by molar-refractivity contribution is 6.11. The summed E-state index contributed by atoms with van der Waals surface area (Å²) in [5.74, 6) is 2.03. The first-order valence-corrected chi connectivity index (χ1v) is 18.2. The third-order valence-electron chi connectivity index (χ3n) is 9.75. The van der Waals surface area contributed by atoms with Crippen LogP contribution in [-0.4, -0.2) is 37.0 Å². The van der Waals surface area contributed by atoms with Gasteiger partial charge in [0.2, 0.25) is 0 Å². The first-order valence-electron chi connectivity index (χ1n) is 18.2. The van der Waals surface area contributed by atoms with E-state index in [2.05, 4.69) is 69.2 Å². The lowest BCUT2D eigenvalue weighted by Gasteiger charge is -2.31. The largest absolute Gasteiger partial charge is 0.507 e. The van der Waals surface area contributed by atoms with Crippen LogP contribution in [0.5, 0.6) is 11.5 Å². The minimum atomic E-state index is -0.188. The van der Waals surface area contributed by atoms with Crippen molar-refractivity contribution < 1.29 is 28.9 Å². The number of rotatable bonds is 7. The first kappa shape index (κ1) is 39.1. The fourth-order valence-corrected chi connectivity index (χ4v) is 7.95. The zero-order valence-corrected chi connectivity index (χ0v) is 33.1. The average molecular weight is 715 g/mol. The van der Waals surface area contributed by atoms with Crippen molar-refractivity contribution in [3.8, 4) is 11.5 Å². The quantitative estimate of drug-likeness (QED) is 0.192. The molecule has 6 heteroatoms. The van der Waals surface area contributed by atoms with E-state index in [1.165, 1.54) is 11.1 Å². The molecule has 0 unspecified atom stereocenters. The third-order valence-corrected chi connectivity index (χ3v) is 9.75. The summed E-state index contributed by atoms with van der Waals surface area (Å²) in [4.78, 5) is 25.5. The normalized spacial score (nSPS) is 16.4. The number of carbonyl (C=O) groups excluding carboxylic acids is 2. The molecule has 1 N–H and O–H groups in total. The van der Waals surface area contributed by atoms with Crippen molar-refractivity contribution >= 4 is 23.1 Å². The zero-order chi connectivity index (χ0) is 38.9. The number of hydrogen-bond donors (Lipinski definition) is 1. The zero-order valence-electron chi connectivity index (χ0n) is 33.1. The predicted molar refractivity (Wildman–Crippen MR) is 213 cm³/mol. The molecule has 4 aromatic carbocycles. The lowest BCUT2D eigenvalue weighted by molar-refractivity contribution is 0.102. The Morgan fingerprint density at radius 3 is 1.40 bits per heavy atom. The molecule has 0 saturated carbocycles. The second-order valence-corrected chi connectivity index (χ2v) is 17.3. The fraction of sp³-hybridized carbons (Fsp3) is 0.362. The standard InChI is InChI=1S/C24H28O3.C23H26O3/c1-23(2,3)22-21(27-15-24(22,4)5)17-12-13-18(19(14-17)26-6)20(25)16-10-8-7-9-11-16;1-22(2,3)21-20(26-14-23(21,4)5)16-11-12-17(18(24)13-16)19(25)15-9-7-6-8-10-15/h7-14H,15H2,1-6H3;6-13,24H,14H2,1-5H3. The molecule has 2 aliphatic heterocycles. The minimum Gasteiger partial charge on any atom is -0.507 e. The van der Waals surface area contributed by atoms with Crippen molar-refractivity contribution in [3.05, 3.63) is 142 Å². The van der Waals surface area contributed by atoms with Crippen LogP contribution in [0.15, 0.2) is 108 Å². The molecule has 0 spiro atoms. The molecule has 2 heterocycles. The van der Waals surface area contributed by atoms with Crippen molar-refractivity contribution in [2.45, 2.75) is 69.2 Å². The Morgan fingerprint density at radius 1 is 0.604 bits per heavy atom. The van der Waals surface area contributed by atoms with E-state index in [4.69, 9.17) is 14.2 Å². The Hall–Kier alpha value is -5.10. The number of carbonyl (C=O) groups is 2. The van der Waals surface area contributed by atoms with Crippen LogP contribution in [0.3, 0.4) is 0 Å². The van der Waals surface area contributed by atoms with E-state index in [-0.39, 0.29) is 39.0 Å². The number of ether oxygens (including phenoxy) is 3. The van der Waals surface area contributed by atoms with Crippen LogP contribution >= 0.6 is 0 Å².